The molecule has 0 heterocycles. The van der Waals surface area contributed by atoms with Crippen molar-refractivity contribution in [2.24, 2.45) is 0 Å². The summed E-state index contributed by atoms with van der Waals surface area (Å²) in [5.74, 6) is 9.24. The van der Waals surface area contributed by atoms with Crippen LogP contribution in [0.15, 0.2) is 70.5 Å². The van der Waals surface area contributed by atoms with Gasteiger partial charge >= 0.3 is 0 Å². The first-order chi connectivity index (χ1) is 13.1. The van der Waals surface area contributed by atoms with E-state index < -0.39 is 20.2 Å². The van der Waals surface area contributed by atoms with Crippen molar-refractivity contribution in [1.82, 2.24) is 0 Å². The molecule has 0 spiro atoms. The first-order valence-electron chi connectivity index (χ1n) is 7.35. The predicted molar refractivity (Wildman–Crippen MR) is 102 cm³/mol. The molecule has 0 bridgehead atoms. The van der Waals surface area contributed by atoms with Gasteiger partial charge in [-0.1, -0.05) is 48.2 Å². The molecule has 4 N–H and O–H groups in total. The van der Waals surface area contributed by atoms with Crippen LogP contribution in [0.5, 0.6) is 0 Å². The largest absolute Gasteiger partial charge is 0.384 e. The molecule has 0 aliphatic rings. The molecular weight excluding hydrogens is 408 g/mol. The highest BCUT2D eigenvalue weighted by Gasteiger charge is 2.06. The standard InChI is InChI=1S/2C6H6O3S.C6H6O2/c2*7-10(8,9)6-4-2-1-3-5-6;7-5-3-1-2-4-6-8/h2*1-5H,(H,7,8,9);7-8H,5-6H2. The Hall–Kier alpha value is -2.70. The molecule has 150 valence electrons. The zero-order chi connectivity index (χ0) is 21.5. The Kier molecular flexibility index (Phi) is 12.2. The first kappa shape index (κ1) is 25.3. The minimum absolute atomic E-state index is 0.0741. The smallest absolute Gasteiger partial charge is 0.294 e. The van der Waals surface area contributed by atoms with Crippen LogP contribution < -0.4 is 0 Å². The summed E-state index contributed by atoms with van der Waals surface area (Å²) in [7, 11) is -8.01. The van der Waals surface area contributed by atoms with Crippen molar-refractivity contribution in [3.8, 4) is 23.7 Å². The second kappa shape index (κ2) is 13.5. The van der Waals surface area contributed by atoms with Gasteiger partial charge in [0.25, 0.3) is 20.2 Å². The lowest BCUT2D eigenvalue weighted by Crippen LogP contribution is -1.96. The Morgan fingerprint density at radius 3 is 1.07 bits per heavy atom. The van der Waals surface area contributed by atoms with Gasteiger partial charge in [-0.3, -0.25) is 9.11 Å². The minimum atomic E-state index is -4.00. The van der Waals surface area contributed by atoms with Crippen LogP contribution in [0, 0.1) is 23.7 Å². The SMILES string of the molecule is O=S(=O)(O)c1ccccc1.O=S(=O)(O)c1ccccc1.OCC#CC#CCO. The molecule has 0 aliphatic heterocycles. The van der Waals surface area contributed by atoms with Gasteiger partial charge in [-0.25, -0.2) is 0 Å². The van der Waals surface area contributed by atoms with E-state index in [4.69, 9.17) is 19.3 Å². The molecule has 2 aromatic carbocycles. The van der Waals surface area contributed by atoms with Crippen LogP contribution in [-0.2, 0) is 20.2 Å². The maximum absolute atomic E-state index is 10.4. The minimum Gasteiger partial charge on any atom is -0.384 e. The Morgan fingerprint density at radius 1 is 0.607 bits per heavy atom. The van der Waals surface area contributed by atoms with Crippen molar-refractivity contribution in [2.75, 3.05) is 13.2 Å². The molecule has 0 aromatic heterocycles. The van der Waals surface area contributed by atoms with E-state index in [0.29, 0.717) is 0 Å². The molecule has 0 atom stereocenters. The van der Waals surface area contributed by atoms with Crippen molar-refractivity contribution in [3.63, 3.8) is 0 Å². The summed E-state index contributed by atoms with van der Waals surface area (Å²) >= 11 is 0. The van der Waals surface area contributed by atoms with Crippen LogP contribution in [0.1, 0.15) is 0 Å². The third-order valence-electron chi connectivity index (χ3n) is 2.48. The molecule has 0 aliphatic carbocycles. The summed E-state index contributed by atoms with van der Waals surface area (Å²) in [6.07, 6.45) is 0. The molecule has 0 radical (unpaired) electrons. The summed E-state index contributed by atoms with van der Waals surface area (Å²) in [6, 6.07) is 14.8. The first-order valence-corrected chi connectivity index (χ1v) is 10.2. The zero-order valence-corrected chi connectivity index (χ0v) is 16.1. The average Bonchev–Trinajstić information content (AvgIpc) is 2.67. The molecule has 0 unspecified atom stereocenters. The maximum Gasteiger partial charge on any atom is 0.294 e. The van der Waals surface area contributed by atoms with Crippen molar-refractivity contribution in [1.29, 1.82) is 0 Å². The quantitative estimate of drug-likeness (QED) is 0.408. The second-order valence-corrected chi connectivity index (χ2v) is 7.34. The third-order valence-corrected chi connectivity index (χ3v) is 4.22. The number of hydrogen-bond donors (Lipinski definition) is 4. The third kappa shape index (κ3) is 12.6. The summed E-state index contributed by atoms with van der Waals surface area (Å²) in [5.41, 5.74) is 0. The molecule has 0 saturated carbocycles. The summed E-state index contributed by atoms with van der Waals surface area (Å²) in [6.45, 7) is -0.361. The zero-order valence-electron chi connectivity index (χ0n) is 14.4. The second-order valence-electron chi connectivity index (χ2n) is 4.50. The van der Waals surface area contributed by atoms with E-state index in [-0.39, 0.29) is 23.0 Å². The van der Waals surface area contributed by atoms with E-state index in [1.807, 2.05) is 0 Å². The molecule has 2 rings (SSSR count). The number of rotatable bonds is 2. The van der Waals surface area contributed by atoms with E-state index in [2.05, 4.69) is 23.7 Å². The van der Waals surface area contributed by atoms with Gasteiger partial charge in [-0.15, -0.1) is 0 Å². The fraction of sp³-hybridized carbons (Fsp3) is 0.111. The topological polar surface area (TPSA) is 149 Å². The predicted octanol–water partition coefficient (Wildman–Crippen LogP) is 0.844. The van der Waals surface area contributed by atoms with Crippen LogP contribution in [0.4, 0.5) is 0 Å². The van der Waals surface area contributed by atoms with E-state index in [9.17, 15) is 16.8 Å². The highest BCUT2D eigenvalue weighted by atomic mass is 32.2. The monoisotopic (exact) mass is 426 g/mol. The van der Waals surface area contributed by atoms with Gasteiger partial charge < -0.3 is 10.2 Å². The number of aliphatic hydroxyl groups is 2. The highest BCUT2D eigenvalue weighted by molar-refractivity contribution is 7.86. The normalized spacial score (nSPS) is 9.71. The van der Waals surface area contributed by atoms with Crippen molar-refractivity contribution in [2.45, 2.75) is 9.79 Å². The van der Waals surface area contributed by atoms with Gasteiger partial charge in [0.2, 0.25) is 0 Å². The molecule has 0 saturated heterocycles. The van der Waals surface area contributed by atoms with Gasteiger partial charge in [-0.05, 0) is 36.1 Å². The summed E-state index contributed by atoms with van der Waals surface area (Å²) in [5, 5.41) is 16.1. The highest BCUT2D eigenvalue weighted by Crippen LogP contribution is 2.05. The maximum atomic E-state index is 10.4. The summed E-state index contributed by atoms with van der Waals surface area (Å²) in [4.78, 5) is -0.148. The molecule has 2 aromatic rings. The van der Waals surface area contributed by atoms with Gasteiger partial charge in [0.1, 0.15) is 13.2 Å². The van der Waals surface area contributed by atoms with E-state index >= 15 is 0 Å². The van der Waals surface area contributed by atoms with E-state index in [1.54, 1.807) is 36.4 Å². The van der Waals surface area contributed by atoms with Gasteiger partial charge in [0, 0.05) is 0 Å². The van der Waals surface area contributed by atoms with Crippen LogP contribution in [0.3, 0.4) is 0 Å². The number of benzene rings is 2. The molecule has 28 heavy (non-hydrogen) atoms. The van der Waals surface area contributed by atoms with Crippen molar-refractivity contribution < 1.29 is 36.2 Å². The van der Waals surface area contributed by atoms with Crippen LogP contribution >= 0.6 is 0 Å². The Morgan fingerprint density at radius 2 is 0.893 bits per heavy atom. The van der Waals surface area contributed by atoms with Crippen LogP contribution in [0.25, 0.3) is 0 Å². The molecule has 0 fully saturated rings. The van der Waals surface area contributed by atoms with Crippen molar-refractivity contribution >= 4 is 20.2 Å². The number of hydrogen-bond acceptors (Lipinski definition) is 6. The fourth-order valence-corrected chi connectivity index (χ4v) is 2.35. The van der Waals surface area contributed by atoms with Gasteiger partial charge in [0.05, 0.1) is 9.79 Å². The molecule has 8 nitrogen and oxygen atoms in total. The lowest BCUT2D eigenvalue weighted by Gasteiger charge is -1.92. The average molecular weight is 426 g/mol. The van der Waals surface area contributed by atoms with Crippen LogP contribution in [-0.4, -0.2) is 49.4 Å². The molecule has 10 heteroatoms. The summed E-state index contributed by atoms with van der Waals surface area (Å²) < 4.78 is 58.5. The fourth-order valence-electron chi connectivity index (χ4n) is 1.35. The molecule has 0 amide bonds. The number of aliphatic hydroxyl groups excluding tert-OH is 2. The van der Waals surface area contributed by atoms with Crippen molar-refractivity contribution in [3.05, 3.63) is 60.7 Å². The Bertz CT molecular complexity index is 937. The Balaban J connectivity index is 0.000000394. The lowest BCUT2D eigenvalue weighted by molar-refractivity contribution is 0.350. The van der Waals surface area contributed by atoms with Gasteiger partial charge in [-0.2, -0.15) is 16.8 Å². The Labute approximate surface area is 164 Å². The van der Waals surface area contributed by atoms with E-state index in [1.165, 1.54) is 24.3 Å². The van der Waals surface area contributed by atoms with E-state index in [0.717, 1.165) is 0 Å². The van der Waals surface area contributed by atoms with Gasteiger partial charge in [0.15, 0.2) is 0 Å². The lowest BCUT2D eigenvalue weighted by atomic mass is 10.4. The van der Waals surface area contributed by atoms with Crippen LogP contribution in [0.2, 0.25) is 0 Å². The molecular formula is C18H18O8S2.